The van der Waals surface area contributed by atoms with E-state index in [0.29, 0.717) is 44.8 Å². The molecule has 1 N–H and O–H groups in total. The maximum Gasteiger partial charge on any atom is 0.407 e. The van der Waals surface area contributed by atoms with Gasteiger partial charge >= 0.3 is 12.1 Å². The number of ether oxygens (including phenoxy) is 1. The molecule has 2 aromatic rings. The Labute approximate surface area is 217 Å². The monoisotopic (exact) mass is 506 g/mol. The van der Waals surface area contributed by atoms with Gasteiger partial charge in [0, 0.05) is 55.9 Å². The first kappa shape index (κ1) is 25.0. The smallest absolute Gasteiger partial charge is 0.407 e. The van der Waals surface area contributed by atoms with E-state index in [1.165, 1.54) is 4.90 Å². The number of aromatic nitrogens is 3. The molecule has 3 aliphatic heterocycles. The third-order valence-electron chi connectivity index (χ3n) is 7.79. The molecule has 5 heterocycles. The SMILES string of the molecule is Cc1cnccc1N1CCc2c(nc(OC[C@@H]3CCCN3C)nc2N2CCN(C(=O)O)[C@@H](CC#N)C2)C1. The van der Waals surface area contributed by atoms with Crippen LogP contribution in [-0.2, 0) is 13.0 Å². The molecule has 0 radical (unpaired) electrons. The van der Waals surface area contributed by atoms with Crippen molar-refractivity contribution in [3.8, 4) is 12.1 Å². The van der Waals surface area contributed by atoms with Crippen molar-refractivity contribution in [3.05, 3.63) is 35.3 Å². The van der Waals surface area contributed by atoms with Crippen molar-refractivity contribution in [3.63, 3.8) is 0 Å². The zero-order valence-corrected chi connectivity index (χ0v) is 21.5. The van der Waals surface area contributed by atoms with Crippen molar-refractivity contribution in [2.45, 2.75) is 51.2 Å². The number of hydrogen-bond acceptors (Lipinski definition) is 9. The van der Waals surface area contributed by atoms with E-state index in [2.05, 4.69) is 39.7 Å². The number of anilines is 2. The van der Waals surface area contributed by atoms with Crippen molar-refractivity contribution < 1.29 is 14.6 Å². The minimum absolute atomic E-state index is 0.141. The fourth-order valence-electron chi connectivity index (χ4n) is 5.68. The van der Waals surface area contributed by atoms with Gasteiger partial charge in [0.05, 0.1) is 30.8 Å². The minimum Gasteiger partial charge on any atom is -0.465 e. The summed E-state index contributed by atoms with van der Waals surface area (Å²) in [4.78, 5) is 33.8. The van der Waals surface area contributed by atoms with E-state index < -0.39 is 12.1 Å². The van der Waals surface area contributed by atoms with Crippen LogP contribution in [0.3, 0.4) is 0 Å². The Balaban J connectivity index is 1.45. The van der Waals surface area contributed by atoms with Gasteiger partial charge < -0.3 is 29.4 Å². The van der Waals surface area contributed by atoms with Gasteiger partial charge in [-0.05, 0) is 51.4 Å². The summed E-state index contributed by atoms with van der Waals surface area (Å²) < 4.78 is 6.18. The van der Waals surface area contributed by atoms with Gasteiger partial charge in [0.2, 0.25) is 0 Å². The van der Waals surface area contributed by atoms with Crippen molar-refractivity contribution >= 4 is 17.6 Å². The number of pyridine rings is 1. The molecule has 2 fully saturated rings. The van der Waals surface area contributed by atoms with Crippen LogP contribution in [-0.4, -0.2) is 94.4 Å². The molecule has 11 nitrogen and oxygen atoms in total. The molecule has 0 bridgehead atoms. The largest absolute Gasteiger partial charge is 0.465 e. The first-order chi connectivity index (χ1) is 17.9. The van der Waals surface area contributed by atoms with Crippen LogP contribution in [0, 0.1) is 18.3 Å². The maximum atomic E-state index is 11.7. The minimum atomic E-state index is -0.988. The Morgan fingerprint density at radius 1 is 1.22 bits per heavy atom. The van der Waals surface area contributed by atoms with Gasteiger partial charge in [-0.2, -0.15) is 15.2 Å². The molecule has 1 amide bonds. The van der Waals surface area contributed by atoms with Crippen molar-refractivity contribution in [2.24, 2.45) is 0 Å². The summed E-state index contributed by atoms with van der Waals surface area (Å²) in [6.07, 6.45) is 5.86. The van der Waals surface area contributed by atoms with Gasteiger partial charge in [0.15, 0.2) is 0 Å². The molecule has 2 aromatic heterocycles. The average molecular weight is 507 g/mol. The van der Waals surface area contributed by atoms with Gasteiger partial charge in [-0.3, -0.25) is 4.98 Å². The Hall–Kier alpha value is -3.65. The van der Waals surface area contributed by atoms with Crippen LogP contribution in [0.4, 0.5) is 16.3 Å². The number of nitrogens with zero attached hydrogens (tertiary/aromatic N) is 8. The Bertz CT molecular complexity index is 1180. The highest BCUT2D eigenvalue weighted by molar-refractivity contribution is 5.66. The van der Waals surface area contributed by atoms with Crippen LogP contribution in [0.1, 0.15) is 36.1 Å². The molecule has 0 spiro atoms. The Kier molecular flexibility index (Phi) is 7.28. The zero-order chi connectivity index (χ0) is 25.9. The summed E-state index contributed by atoms with van der Waals surface area (Å²) >= 11 is 0. The summed E-state index contributed by atoms with van der Waals surface area (Å²) in [5.41, 5.74) is 4.26. The van der Waals surface area contributed by atoms with Gasteiger partial charge in [0.25, 0.3) is 0 Å². The quantitative estimate of drug-likeness (QED) is 0.624. The number of aryl methyl sites for hydroxylation is 1. The summed E-state index contributed by atoms with van der Waals surface area (Å²) in [6, 6.07) is 4.48. The Morgan fingerprint density at radius 3 is 2.81 bits per heavy atom. The second kappa shape index (κ2) is 10.8. The van der Waals surface area contributed by atoms with Crippen LogP contribution in [0.2, 0.25) is 0 Å². The molecule has 2 saturated heterocycles. The van der Waals surface area contributed by atoms with E-state index >= 15 is 0 Å². The normalized spacial score (nSPS) is 22.0. The summed E-state index contributed by atoms with van der Waals surface area (Å²) in [7, 11) is 2.12. The second-order valence-electron chi connectivity index (χ2n) is 10.1. The number of carboxylic acid groups (broad SMARTS) is 1. The third-order valence-corrected chi connectivity index (χ3v) is 7.79. The molecule has 37 heavy (non-hydrogen) atoms. The maximum absolute atomic E-state index is 11.7. The second-order valence-corrected chi connectivity index (χ2v) is 10.1. The molecule has 0 unspecified atom stereocenters. The van der Waals surface area contributed by atoms with Gasteiger partial charge in [-0.1, -0.05) is 0 Å². The van der Waals surface area contributed by atoms with Crippen LogP contribution in [0.5, 0.6) is 6.01 Å². The number of likely N-dealkylation sites (N-methyl/N-ethyl adjacent to an activating group) is 1. The van der Waals surface area contributed by atoms with E-state index in [9.17, 15) is 15.2 Å². The Morgan fingerprint density at radius 2 is 2.08 bits per heavy atom. The van der Waals surface area contributed by atoms with Gasteiger partial charge in [-0.15, -0.1) is 0 Å². The first-order valence-corrected chi connectivity index (χ1v) is 12.9. The molecule has 0 saturated carbocycles. The predicted molar refractivity (Wildman–Crippen MR) is 138 cm³/mol. The number of hydrogen-bond donors (Lipinski definition) is 1. The van der Waals surface area contributed by atoms with Crippen LogP contribution >= 0.6 is 0 Å². The summed E-state index contributed by atoms with van der Waals surface area (Å²) in [5.74, 6) is 0.804. The number of rotatable bonds is 6. The van der Waals surface area contributed by atoms with Crippen molar-refractivity contribution in [2.75, 3.05) is 56.2 Å². The highest BCUT2D eigenvalue weighted by Gasteiger charge is 2.34. The number of likely N-dealkylation sites (tertiary alicyclic amines) is 1. The average Bonchev–Trinajstić information content (AvgIpc) is 3.31. The molecular formula is C26H34N8O3. The van der Waals surface area contributed by atoms with E-state index in [1.807, 2.05) is 18.5 Å². The molecule has 0 aliphatic carbocycles. The fourth-order valence-corrected chi connectivity index (χ4v) is 5.68. The number of amides is 1. The lowest BCUT2D eigenvalue weighted by molar-refractivity contribution is 0.119. The van der Waals surface area contributed by atoms with E-state index in [-0.39, 0.29) is 6.42 Å². The molecule has 5 rings (SSSR count). The number of fused-ring (bicyclic) bond motifs is 1. The highest BCUT2D eigenvalue weighted by Crippen LogP contribution is 2.33. The van der Waals surface area contributed by atoms with Crippen molar-refractivity contribution in [1.82, 2.24) is 24.8 Å². The first-order valence-electron chi connectivity index (χ1n) is 12.9. The molecule has 11 heteroatoms. The van der Waals surface area contributed by atoms with E-state index in [4.69, 9.17) is 14.7 Å². The third kappa shape index (κ3) is 5.25. The lowest BCUT2D eigenvalue weighted by atomic mass is 10.0. The molecule has 2 atom stereocenters. The van der Waals surface area contributed by atoms with Crippen LogP contribution in [0.25, 0.3) is 0 Å². The lowest BCUT2D eigenvalue weighted by Crippen LogP contribution is -2.55. The topological polar surface area (TPSA) is 122 Å². The van der Waals surface area contributed by atoms with Crippen LogP contribution in [0.15, 0.2) is 18.5 Å². The lowest BCUT2D eigenvalue weighted by Gasteiger charge is -2.41. The summed E-state index contributed by atoms with van der Waals surface area (Å²) in [6.45, 7) is 6.37. The highest BCUT2D eigenvalue weighted by atomic mass is 16.5. The van der Waals surface area contributed by atoms with Gasteiger partial charge in [-0.25, -0.2) is 4.79 Å². The molecule has 0 aromatic carbocycles. The number of carbonyl (C=O) groups is 1. The predicted octanol–water partition coefficient (Wildman–Crippen LogP) is 2.30. The summed E-state index contributed by atoms with van der Waals surface area (Å²) in [5, 5.41) is 18.9. The zero-order valence-electron chi connectivity index (χ0n) is 21.5. The van der Waals surface area contributed by atoms with E-state index in [1.54, 1.807) is 0 Å². The van der Waals surface area contributed by atoms with Crippen LogP contribution < -0.4 is 14.5 Å². The van der Waals surface area contributed by atoms with E-state index in [0.717, 1.165) is 60.7 Å². The molecule has 3 aliphatic rings. The number of piperazine rings is 1. The molecular weight excluding hydrogens is 472 g/mol. The fraction of sp³-hybridized carbons (Fsp3) is 0.577. The number of nitriles is 1. The van der Waals surface area contributed by atoms with Crippen molar-refractivity contribution in [1.29, 1.82) is 5.26 Å². The van der Waals surface area contributed by atoms with Gasteiger partial charge in [0.1, 0.15) is 12.4 Å². The standard InChI is InChI=1S/C26H34N8O3/c1-18-14-28-9-6-23(18)32-11-7-21-22(16-32)29-25(37-17-20-4-3-10-31(20)2)30-24(21)33-12-13-34(26(35)36)19(15-33)5-8-27/h6,9,14,19-20H,3-5,7,10-13,15-17H2,1-2H3,(H,35,36)/t19-,20-/m0/s1. The molecule has 196 valence electrons.